The standard InChI is InChI=1S/C26H34FN3O/c1-19(2)15-21-18-29(14-12-25(21)28-23-6-3-5-22(27)16-23)17-20-8-10-24(11-9-20)30-13-4-7-26(30)31/h3,5-6,8-11,16,19,21,25,28H,4,7,12-15,17-18H2,1-2H3/t21-,25+/m0/s1. The molecule has 0 aromatic heterocycles. The zero-order chi connectivity index (χ0) is 21.8. The Labute approximate surface area is 185 Å². The molecule has 2 atom stereocenters. The van der Waals surface area contributed by atoms with Gasteiger partial charge in [0.25, 0.3) is 0 Å². The molecule has 4 nitrogen and oxygen atoms in total. The number of nitrogens with zero attached hydrogens (tertiary/aromatic N) is 2. The number of hydrogen-bond acceptors (Lipinski definition) is 3. The molecular weight excluding hydrogens is 389 g/mol. The topological polar surface area (TPSA) is 35.6 Å². The molecule has 0 saturated carbocycles. The van der Waals surface area contributed by atoms with Crippen LogP contribution in [0.2, 0.25) is 0 Å². The minimum atomic E-state index is -0.193. The van der Waals surface area contributed by atoms with E-state index in [4.69, 9.17) is 0 Å². The number of benzene rings is 2. The molecule has 2 aromatic carbocycles. The van der Waals surface area contributed by atoms with E-state index in [-0.39, 0.29) is 11.7 Å². The molecule has 166 valence electrons. The van der Waals surface area contributed by atoms with E-state index in [1.54, 1.807) is 12.1 Å². The van der Waals surface area contributed by atoms with Crippen molar-refractivity contribution in [3.8, 4) is 0 Å². The van der Waals surface area contributed by atoms with Crippen LogP contribution < -0.4 is 10.2 Å². The van der Waals surface area contributed by atoms with Gasteiger partial charge in [-0.25, -0.2) is 4.39 Å². The minimum Gasteiger partial charge on any atom is -0.382 e. The molecule has 4 rings (SSSR count). The minimum absolute atomic E-state index is 0.193. The van der Waals surface area contributed by atoms with Crippen molar-refractivity contribution < 1.29 is 9.18 Å². The van der Waals surface area contributed by atoms with E-state index in [9.17, 15) is 9.18 Å². The summed E-state index contributed by atoms with van der Waals surface area (Å²) in [7, 11) is 0. The lowest BCUT2D eigenvalue weighted by atomic mass is 9.85. The van der Waals surface area contributed by atoms with Gasteiger partial charge in [-0.15, -0.1) is 0 Å². The third kappa shape index (κ3) is 5.65. The molecule has 2 aliphatic rings. The molecule has 5 heteroatoms. The lowest BCUT2D eigenvalue weighted by Crippen LogP contribution is -2.46. The summed E-state index contributed by atoms with van der Waals surface area (Å²) in [5.41, 5.74) is 3.18. The zero-order valence-electron chi connectivity index (χ0n) is 18.7. The molecule has 2 aromatic rings. The Morgan fingerprint density at radius 1 is 1.13 bits per heavy atom. The number of rotatable bonds is 7. The predicted molar refractivity (Wildman–Crippen MR) is 125 cm³/mol. The first kappa shape index (κ1) is 21.8. The number of likely N-dealkylation sites (tertiary alicyclic amines) is 1. The molecule has 0 bridgehead atoms. The summed E-state index contributed by atoms with van der Waals surface area (Å²) in [6.07, 6.45) is 3.82. The number of carbonyl (C=O) groups excluding carboxylic acids is 1. The Hall–Kier alpha value is -2.40. The van der Waals surface area contributed by atoms with E-state index >= 15 is 0 Å². The van der Waals surface area contributed by atoms with Crippen LogP contribution in [0.25, 0.3) is 0 Å². The molecule has 2 saturated heterocycles. The Balaban J connectivity index is 1.38. The Bertz CT molecular complexity index is 882. The van der Waals surface area contributed by atoms with Crippen molar-refractivity contribution in [2.75, 3.05) is 29.9 Å². The van der Waals surface area contributed by atoms with Crippen LogP contribution >= 0.6 is 0 Å². The van der Waals surface area contributed by atoms with Crippen LogP contribution in [-0.4, -0.2) is 36.5 Å². The van der Waals surface area contributed by atoms with E-state index in [0.29, 0.717) is 24.3 Å². The Morgan fingerprint density at radius 2 is 1.94 bits per heavy atom. The van der Waals surface area contributed by atoms with Crippen molar-refractivity contribution in [1.29, 1.82) is 0 Å². The van der Waals surface area contributed by atoms with Crippen molar-refractivity contribution in [2.24, 2.45) is 11.8 Å². The molecule has 0 aliphatic carbocycles. The molecule has 31 heavy (non-hydrogen) atoms. The van der Waals surface area contributed by atoms with Gasteiger partial charge in [0.05, 0.1) is 0 Å². The van der Waals surface area contributed by atoms with Gasteiger partial charge in [-0.3, -0.25) is 9.69 Å². The van der Waals surface area contributed by atoms with Gasteiger partial charge < -0.3 is 10.2 Å². The summed E-state index contributed by atoms with van der Waals surface area (Å²) in [5, 5.41) is 3.60. The van der Waals surface area contributed by atoms with E-state index in [0.717, 1.165) is 56.8 Å². The second kappa shape index (κ2) is 9.82. The van der Waals surface area contributed by atoms with Gasteiger partial charge >= 0.3 is 0 Å². The summed E-state index contributed by atoms with van der Waals surface area (Å²) in [5.74, 6) is 1.19. The maximum Gasteiger partial charge on any atom is 0.227 e. The van der Waals surface area contributed by atoms with Crippen molar-refractivity contribution in [2.45, 2.75) is 52.1 Å². The number of hydrogen-bond donors (Lipinski definition) is 1. The van der Waals surface area contributed by atoms with Gasteiger partial charge in [0.1, 0.15) is 5.82 Å². The zero-order valence-corrected chi connectivity index (χ0v) is 18.7. The van der Waals surface area contributed by atoms with Crippen molar-refractivity contribution >= 4 is 17.3 Å². The van der Waals surface area contributed by atoms with E-state index < -0.39 is 0 Å². The van der Waals surface area contributed by atoms with Gasteiger partial charge in [-0.2, -0.15) is 0 Å². The van der Waals surface area contributed by atoms with Gasteiger partial charge in [0.15, 0.2) is 0 Å². The highest BCUT2D eigenvalue weighted by Gasteiger charge is 2.30. The van der Waals surface area contributed by atoms with Crippen molar-refractivity contribution in [3.05, 3.63) is 59.9 Å². The smallest absolute Gasteiger partial charge is 0.227 e. The maximum atomic E-state index is 13.6. The average Bonchev–Trinajstić information content (AvgIpc) is 3.16. The summed E-state index contributed by atoms with van der Waals surface area (Å²) in [6.45, 7) is 8.37. The first-order chi connectivity index (χ1) is 15.0. The first-order valence-corrected chi connectivity index (χ1v) is 11.6. The monoisotopic (exact) mass is 423 g/mol. The average molecular weight is 424 g/mol. The molecule has 2 fully saturated rings. The van der Waals surface area contributed by atoms with Crippen molar-refractivity contribution in [3.63, 3.8) is 0 Å². The number of halogens is 1. The predicted octanol–water partition coefficient (Wildman–Crippen LogP) is 5.30. The maximum absolute atomic E-state index is 13.6. The third-order valence-electron chi connectivity index (χ3n) is 6.50. The molecule has 0 radical (unpaired) electrons. The summed E-state index contributed by atoms with van der Waals surface area (Å²) in [6, 6.07) is 15.7. The second-order valence-electron chi connectivity index (χ2n) is 9.49. The molecule has 2 heterocycles. The molecule has 1 amide bonds. The van der Waals surface area contributed by atoms with Crippen LogP contribution in [0.4, 0.5) is 15.8 Å². The van der Waals surface area contributed by atoms with Gasteiger partial charge in [0.2, 0.25) is 5.91 Å². The van der Waals surface area contributed by atoms with Crippen LogP contribution in [0.15, 0.2) is 48.5 Å². The first-order valence-electron chi connectivity index (χ1n) is 11.6. The van der Waals surface area contributed by atoms with E-state index in [2.05, 4.69) is 48.3 Å². The number of anilines is 2. The van der Waals surface area contributed by atoms with Gasteiger partial charge in [0, 0.05) is 50.0 Å². The second-order valence-corrected chi connectivity index (χ2v) is 9.49. The summed E-state index contributed by atoms with van der Waals surface area (Å²) < 4.78 is 13.6. The quantitative estimate of drug-likeness (QED) is 0.656. The summed E-state index contributed by atoms with van der Waals surface area (Å²) in [4.78, 5) is 16.4. The highest BCUT2D eigenvalue weighted by atomic mass is 19.1. The third-order valence-corrected chi connectivity index (χ3v) is 6.50. The van der Waals surface area contributed by atoms with Crippen LogP contribution in [0.1, 0.15) is 45.1 Å². The highest BCUT2D eigenvalue weighted by molar-refractivity contribution is 5.95. The van der Waals surface area contributed by atoms with Gasteiger partial charge in [-0.05, 0) is 67.0 Å². The lowest BCUT2D eigenvalue weighted by molar-refractivity contribution is -0.117. The largest absolute Gasteiger partial charge is 0.382 e. The molecule has 0 spiro atoms. The number of piperidine rings is 1. The molecule has 0 unspecified atom stereocenters. The summed E-state index contributed by atoms with van der Waals surface area (Å²) >= 11 is 0. The fourth-order valence-electron chi connectivity index (χ4n) is 5.04. The SMILES string of the molecule is CC(C)C[C@H]1CN(Cc2ccc(N3CCCC3=O)cc2)CC[C@H]1Nc1cccc(F)c1. The van der Waals surface area contributed by atoms with Crippen molar-refractivity contribution in [1.82, 2.24) is 4.90 Å². The van der Waals surface area contributed by atoms with Crippen LogP contribution in [-0.2, 0) is 11.3 Å². The Morgan fingerprint density at radius 3 is 2.61 bits per heavy atom. The Kier molecular flexibility index (Phi) is 6.91. The molecular formula is C26H34FN3O. The highest BCUT2D eigenvalue weighted by Crippen LogP contribution is 2.28. The van der Waals surface area contributed by atoms with Crippen LogP contribution in [0.3, 0.4) is 0 Å². The normalized spacial score (nSPS) is 22.3. The van der Waals surface area contributed by atoms with E-state index in [1.807, 2.05) is 11.0 Å². The number of carbonyl (C=O) groups is 1. The number of nitrogens with one attached hydrogen (secondary N) is 1. The lowest BCUT2D eigenvalue weighted by Gasteiger charge is -2.40. The fraction of sp³-hybridized carbons (Fsp3) is 0.500. The molecule has 2 aliphatic heterocycles. The van der Waals surface area contributed by atoms with Gasteiger partial charge in [-0.1, -0.05) is 32.0 Å². The van der Waals surface area contributed by atoms with Crippen LogP contribution in [0, 0.1) is 17.7 Å². The number of amides is 1. The van der Waals surface area contributed by atoms with Crippen LogP contribution in [0.5, 0.6) is 0 Å². The van der Waals surface area contributed by atoms with E-state index in [1.165, 1.54) is 11.6 Å². The fourth-order valence-corrected chi connectivity index (χ4v) is 5.04. The molecule has 1 N–H and O–H groups in total.